The van der Waals surface area contributed by atoms with Gasteiger partial charge < -0.3 is 15.2 Å². The molecule has 0 aliphatic carbocycles. The predicted molar refractivity (Wildman–Crippen MR) is 60.1 cm³/mol. The molecule has 0 bridgehead atoms. The fourth-order valence-corrected chi connectivity index (χ4v) is 0.949. The van der Waals surface area contributed by atoms with E-state index in [1.807, 2.05) is 0 Å². The van der Waals surface area contributed by atoms with Crippen molar-refractivity contribution < 1.29 is 19.4 Å². The number of hydrogen-bond acceptors (Lipinski definition) is 3. The summed E-state index contributed by atoms with van der Waals surface area (Å²) >= 11 is 0. The Morgan fingerprint density at radius 1 is 1.25 bits per heavy atom. The number of carbonyl (C=O) groups excluding carboxylic acids is 1. The number of amides is 1. The van der Waals surface area contributed by atoms with Gasteiger partial charge >= 0.3 is 5.97 Å². The van der Waals surface area contributed by atoms with E-state index in [-0.39, 0.29) is 0 Å². The Morgan fingerprint density at radius 3 is 2.25 bits per heavy atom. The van der Waals surface area contributed by atoms with E-state index in [1.165, 1.54) is 6.92 Å². The zero-order valence-corrected chi connectivity index (χ0v) is 10.3. The Balaban J connectivity index is 3.86. The molecule has 5 heteroatoms. The third-order valence-corrected chi connectivity index (χ3v) is 2.16. The molecule has 0 saturated heterocycles. The van der Waals surface area contributed by atoms with E-state index < -0.39 is 24.0 Å². The van der Waals surface area contributed by atoms with Gasteiger partial charge in [-0.15, -0.1) is 0 Å². The third kappa shape index (κ3) is 6.40. The van der Waals surface area contributed by atoms with Gasteiger partial charge in [-0.25, -0.2) is 0 Å². The minimum atomic E-state index is -1.05. The van der Waals surface area contributed by atoms with Crippen LogP contribution in [0.3, 0.4) is 0 Å². The van der Waals surface area contributed by atoms with Crippen LogP contribution in [0, 0.1) is 5.92 Å². The van der Waals surface area contributed by atoms with Crippen LogP contribution < -0.4 is 5.32 Å². The highest BCUT2D eigenvalue weighted by molar-refractivity contribution is 5.85. The van der Waals surface area contributed by atoms with Crippen molar-refractivity contribution in [2.24, 2.45) is 5.92 Å². The van der Waals surface area contributed by atoms with Crippen LogP contribution in [0.4, 0.5) is 0 Å². The van der Waals surface area contributed by atoms with Gasteiger partial charge in [0.25, 0.3) is 0 Å². The average molecular weight is 231 g/mol. The maximum atomic E-state index is 11.4. The van der Waals surface area contributed by atoms with Crippen molar-refractivity contribution in [1.82, 2.24) is 5.32 Å². The maximum absolute atomic E-state index is 11.4. The van der Waals surface area contributed by atoms with Crippen LogP contribution in [-0.4, -0.2) is 35.7 Å². The molecule has 2 unspecified atom stereocenters. The number of carbonyl (C=O) groups is 2. The highest BCUT2D eigenvalue weighted by atomic mass is 16.5. The van der Waals surface area contributed by atoms with Gasteiger partial charge in [0.1, 0.15) is 12.1 Å². The lowest BCUT2D eigenvalue weighted by Gasteiger charge is -2.16. The summed E-state index contributed by atoms with van der Waals surface area (Å²) in [6.07, 6.45) is 0.270. The minimum absolute atomic E-state index is 0.390. The van der Waals surface area contributed by atoms with Gasteiger partial charge in [-0.05, 0) is 26.2 Å². The molecule has 1 amide bonds. The second-order valence-corrected chi connectivity index (χ2v) is 4.26. The molecule has 0 aliphatic rings. The number of hydrogen-bond donors (Lipinski definition) is 2. The number of rotatable bonds is 7. The lowest BCUT2D eigenvalue weighted by molar-refractivity contribution is -0.143. The molecular formula is C11H21NO4. The van der Waals surface area contributed by atoms with Crippen LogP contribution in [0.15, 0.2) is 0 Å². The second-order valence-electron chi connectivity index (χ2n) is 4.26. The molecule has 0 aromatic rings. The van der Waals surface area contributed by atoms with Crippen LogP contribution >= 0.6 is 0 Å². The number of carboxylic acid groups (broad SMARTS) is 1. The molecule has 0 radical (unpaired) electrons. The highest BCUT2D eigenvalue weighted by Crippen LogP contribution is 2.01. The fourth-order valence-electron chi connectivity index (χ4n) is 0.949. The van der Waals surface area contributed by atoms with Crippen LogP contribution in [0.5, 0.6) is 0 Å². The summed E-state index contributed by atoms with van der Waals surface area (Å²) in [6, 6.07) is -0.886. The normalized spacial score (nSPS) is 14.6. The molecule has 2 N–H and O–H groups in total. The summed E-state index contributed by atoms with van der Waals surface area (Å²) in [5.41, 5.74) is 0. The molecule has 0 aromatic heterocycles. The van der Waals surface area contributed by atoms with Crippen molar-refractivity contribution in [3.63, 3.8) is 0 Å². The summed E-state index contributed by atoms with van der Waals surface area (Å²) in [5.74, 6) is -0.922. The molecule has 0 aliphatic heterocycles. The third-order valence-electron chi connectivity index (χ3n) is 2.16. The molecule has 5 nitrogen and oxygen atoms in total. The maximum Gasteiger partial charge on any atom is 0.325 e. The Hall–Kier alpha value is -1.10. The van der Waals surface area contributed by atoms with Crippen LogP contribution in [0.1, 0.15) is 34.1 Å². The molecule has 0 heterocycles. The van der Waals surface area contributed by atoms with E-state index in [4.69, 9.17) is 9.84 Å². The molecule has 2 atom stereocenters. The van der Waals surface area contributed by atoms with Gasteiger partial charge in [0.2, 0.25) is 5.91 Å². The van der Waals surface area contributed by atoms with Crippen LogP contribution in [0.2, 0.25) is 0 Å². The average Bonchev–Trinajstić information content (AvgIpc) is 2.16. The van der Waals surface area contributed by atoms with Crippen molar-refractivity contribution >= 4 is 11.9 Å². The fraction of sp³-hybridized carbons (Fsp3) is 0.818. The van der Waals surface area contributed by atoms with E-state index in [0.717, 1.165) is 6.42 Å². The molecule has 0 rings (SSSR count). The van der Waals surface area contributed by atoms with E-state index >= 15 is 0 Å². The molecule has 0 saturated carbocycles. The number of aliphatic carboxylic acids is 1. The van der Waals surface area contributed by atoms with Crippen molar-refractivity contribution in [3.8, 4) is 0 Å². The minimum Gasteiger partial charge on any atom is -0.480 e. The Bertz CT molecular complexity index is 240. The highest BCUT2D eigenvalue weighted by Gasteiger charge is 2.19. The van der Waals surface area contributed by atoms with E-state index in [1.54, 1.807) is 6.92 Å². The van der Waals surface area contributed by atoms with E-state index in [0.29, 0.717) is 12.5 Å². The molecule has 94 valence electrons. The summed E-state index contributed by atoms with van der Waals surface area (Å²) < 4.78 is 5.29. The van der Waals surface area contributed by atoms with Crippen LogP contribution in [-0.2, 0) is 14.3 Å². The summed E-state index contributed by atoms with van der Waals surface area (Å²) in [4.78, 5) is 21.9. The van der Waals surface area contributed by atoms with Gasteiger partial charge in [0.15, 0.2) is 0 Å². The Labute approximate surface area is 96.2 Å². The molecule has 0 spiro atoms. The molecule has 0 fully saturated rings. The van der Waals surface area contributed by atoms with E-state index in [9.17, 15) is 9.59 Å². The second kappa shape index (κ2) is 7.22. The number of carboxylic acids is 1. The first-order valence-electron chi connectivity index (χ1n) is 5.49. The topological polar surface area (TPSA) is 75.6 Å². The van der Waals surface area contributed by atoms with Crippen LogP contribution in [0.25, 0.3) is 0 Å². The van der Waals surface area contributed by atoms with Crippen molar-refractivity contribution in [1.29, 1.82) is 0 Å². The molecule has 16 heavy (non-hydrogen) atoms. The lowest BCUT2D eigenvalue weighted by atomic mass is 10.1. The summed E-state index contributed by atoms with van der Waals surface area (Å²) in [6.45, 7) is 7.68. The smallest absolute Gasteiger partial charge is 0.325 e. The van der Waals surface area contributed by atoms with Crippen molar-refractivity contribution in [2.45, 2.75) is 46.3 Å². The van der Waals surface area contributed by atoms with Crippen molar-refractivity contribution in [2.75, 3.05) is 6.61 Å². The summed E-state index contributed by atoms with van der Waals surface area (Å²) in [5, 5.41) is 11.0. The van der Waals surface area contributed by atoms with Gasteiger partial charge in [0.05, 0.1) is 0 Å². The first kappa shape index (κ1) is 14.9. The molecular weight excluding hydrogens is 210 g/mol. The standard InChI is InChI=1S/C11H21NO4/c1-7(2)5-6-16-9(4)10(13)12-8(3)11(14)15/h7-9H,5-6H2,1-4H3,(H,12,13)(H,14,15). The van der Waals surface area contributed by atoms with Gasteiger partial charge in [-0.1, -0.05) is 13.8 Å². The Kier molecular flexibility index (Phi) is 6.72. The first-order valence-corrected chi connectivity index (χ1v) is 5.49. The van der Waals surface area contributed by atoms with Gasteiger partial charge in [-0.3, -0.25) is 9.59 Å². The molecule has 0 aromatic carbocycles. The number of nitrogens with one attached hydrogen (secondary N) is 1. The SMILES string of the molecule is CC(C)CCOC(C)C(=O)NC(C)C(=O)O. The summed E-state index contributed by atoms with van der Waals surface area (Å²) in [7, 11) is 0. The van der Waals surface area contributed by atoms with Gasteiger partial charge in [0, 0.05) is 6.61 Å². The zero-order valence-electron chi connectivity index (χ0n) is 10.3. The first-order chi connectivity index (χ1) is 7.34. The zero-order chi connectivity index (χ0) is 12.7. The lowest BCUT2D eigenvalue weighted by Crippen LogP contribution is -2.43. The Morgan fingerprint density at radius 2 is 1.81 bits per heavy atom. The predicted octanol–water partition coefficient (Wildman–Crippen LogP) is 1.03. The van der Waals surface area contributed by atoms with Gasteiger partial charge in [-0.2, -0.15) is 0 Å². The quantitative estimate of drug-likeness (QED) is 0.686. The largest absolute Gasteiger partial charge is 0.480 e. The number of ether oxygens (including phenoxy) is 1. The van der Waals surface area contributed by atoms with Crippen molar-refractivity contribution in [3.05, 3.63) is 0 Å². The van der Waals surface area contributed by atoms with E-state index in [2.05, 4.69) is 19.2 Å². The monoisotopic (exact) mass is 231 g/mol.